The molecule has 23 heavy (non-hydrogen) atoms. The van der Waals surface area contributed by atoms with Crippen LogP contribution in [0.15, 0.2) is 51.4 Å². The van der Waals surface area contributed by atoms with Crippen molar-refractivity contribution in [3.05, 3.63) is 80.4 Å². The Kier molecular flexibility index (Phi) is 4.94. The average Bonchev–Trinajstić information content (AvgIpc) is 2.99. The van der Waals surface area contributed by atoms with Crippen LogP contribution in [0.4, 0.5) is 0 Å². The third-order valence-corrected chi connectivity index (χ3v) is 4.42. The van der Waals surface area contributed by atoms with Crippen molar-refractivity contribution in [2.45, 2.75) is 13.3 Å². The number of aryl methyl sites for hydroxylation is 1. The summed E-state index contributed by atoms with van der Waals surface area (Å²) in [7, 11) is 0. The van der Waals surface area contributed by atoms with Crippen LogP contribution in [-0.2, 0) is 6.42 Å². The van der Waals surface area contributed by atoms with Crippen LogP contribution in [-0.4, -0.2) is 10.2 Å². The fourth-order valence-corrected chi connectivity index (χ4v) is 2.60. The lowest BCUT2D eigenvalue weighted by Crippen LogP contribution is -1.87. The molecule has 0 aliphatic carbocycles. The molecule has 0 fully saturated rings. The van der Waals surface area contributed by atoms with E-state index in [2.05, 4.69) is 26.1 Å². The number of hydrogen-bond donors (Lipinski definition) is 0. The van der Waals surface area contributed by atoms with Crippen molar-refractivity contribution in [3.8, 4) is 0 Å². The molecule has 0 saturated carbocycles. The Bertz CT molecular complexity index is 840. The number of aromatic nitrogens is 2. The molecule has 0 N–H and O–H groups in total. The summed E-state index contributed by atoms with van der Waals surface area (Å²) in [5, 5.41) is 8.85. The molecular formula is C18H14BrClN2O. The molecule has 0 atom stereocenters. The van der Waals surface area contributed by atoms with Crippen LogP contribution in [0, 0.1) is 6.92 Å². The summed E-state index contributed by atoms with van der Waals surface area (Å²) < 4.78 is 6.69. The lowest BCUT2D eigenvalue weighted by molar-refractivity contribution is 0.496. The molecule has 1 aromatic heterocycles. The fraction of sp³-hybridized carbons (Fsp3) is 0.111. The van der Waals surface area contributed by atoms with Crippen LogP contribution in [0.1, 0.15) is 28.5 Å². The van der Waals surface area contributed by atoms with Crippen molar-refractivity contribution in [1.82, 2.24) is 10.2 Å². The van der Waals surface area contributed by atoms with Crippen molar-refractivity contribution in [3.63, 3.8) is 0 Å². The molecule has 5 heteroatoms. The SMILES string of the molecule is Cc1cccc(/C=C/c2nnc(Cc3ccc(Br)cc3)o2)c1Cl. The van der Waals surface area contributed by atoms with Gasteiger partial charge in [0.2, 0.25) is 11.8 Å². The molecule has 0 aliphatic rings. The van der Waals surface area contributed by atoms with E-state index in [0.717, 1.165) is 26.2 Å². The number of rotatable bonds is 4. The second-order valence-electron chi connectivity index (χ2n) is 5.15. The quantitative estimate of drug-likeness (QED) is 0.587. The summed E-state index contributed by atoms with van der Waals surface area (Å²) in [6, 6.07) is 13.9. The zero-order chi connectivity index (χ0) is 16.2. The van der Waals surface area contributed by atoms with Gasteiger partial charge in [0.1, 0.15) is 0 Å². The summed E-state index contributed by atoms with van der Waals surface area (Å²) in [5.41, 5.74) is 3.09. The summed E-state index contributed by atoms with van der Waals surface area (Å²) in [6.45, 7) is 1.97. The van der Waals surface area contributed by atoms with Gasteiger partial charge in [-0.2, -0.15) is 0 Å². The monoisotopic (exact) mass is 388 g/mol. The van der Waals surface area contributed by atoms with Gasteiger partial charge in [0.25, 0.3) is 0 Å². The summed E-state index contributed by atoms with van der Waals surface area (Å²) in [5.74, 6) is 1.05. The molecule has 3 rings (SSSR count). The Balaban J connectivity index is 1.73. The van der Waals surface area contributed by atoms with Crippen LogP contribution < -0.4 is 0 Å². The predicted octanol–water partition coefficient (Wildman–Crippen LogP) is 5.56. The number of benzene rings is 2. The second kappa shape index (κ2) is 7.11. The Hall–Kier alpha value is -1.91. The Morgan fingerprint density at radius 1 is 1.09 bits per heavy atom. The largest absolute Gasteiger partial charge is 0.421 e. The van der Waals surface area contributed by atoms with Gasteiger partial charge in [-0.15, -0.1) is 10.2 Å². The van der Waals surface area contributed by atoms with E-state index in [9.17, 15) is 0 Å². The average molecular weight is 390 g/mol. The number of nitrogens with zero attached hydrogens (tertiary/aromatic N) is 2. The van der Waals surface area contributed by atoms with Gasteiger partial charge in [0.15, 0.2) is 0 Å². The summed E-state index contributed by atoms with van der Waals surface area (Å²) >= 11 is 9.68. The molecule has 0 amide bonds. The second-order valence-corrected chi connectivity index (χ2v) is 6.44. The zero-order valence-electron chi connectivity index (χ0n) is 12.5. The van der Waals surface area contributed by atoms with Crippen LogP contribution in [0.3, 0.4) is 0 Å². The van der Waals surface area contributed by atoms with Crippen LogP contribution in [0.5, 0.6) is 0 Å². The first-order valence-electron chi connectivity index (χ1n) is 7.12. The maximum absolute atomic E-state index is 6.26. The first-order valence-corrected chi connectivity index (χ1v) is 8.29. The topological polar surface area (TPSA) is 38.9 Å². The zero-order valence-corrected chi connectivity index (χ0v) is 14.8. The van der Waals surface area contributed by atoms with E-state index in [1.54, 1.807) is 6.08 Å². The maximum atomic E-state index is 6.26. The highest BCUT2D eigenvalue weighted by Gasteiger charge is 2.05. The van der Waals surface area contributed by atoms with Gasteiger partial charge in [0, 0.05) is 10.5 Å². The highest BCUT2D eigenvalue weighted by molar-refractivity contribution is 9.10. The smallest absolute Gasteiger partial charge is 0.240 e. The van der Waals surface area contributed by atoms with Crippen molar-refractivity contribution in [2.75, 3.05) is 0 Å². The van der Waals surface area contributed by atoms with E-state index < -0.39 is 0 Å². The molecule has 0 bridgehead atoms. The Morgan fingerprint density at radius 2 is 1.87 bits per heavy atom. The first kappa shape index (κ1) is 16.0. The minimum Gasteiger partial charge on any atom is -0.421 e. The van der Waals surface area contributed by atoms with E-state index in [1.165, 1.54) is 0 Å². The molecule has 1 heterocycles. The van der Waals surface area contributed by atoms with Crippen molar-refractivity contribution in [2.24, 2.45) is 0 Å². The van der Waals surface area contributed by atoms with E-state index in [4.69, 9.17) is 16.0 Å². The van der Waals surface area contributed by atoms with Gasteiger partial charge >= 0.3 is 0 Å². The molecule has 116 valence electrons. The van der Waals surface area contributed by atoms with Gasteiger partial charge in [-0.1, -0.05) is 57.9 Å². The van der Waals surface area contributed by atoms with Gasteiger partial charge in [-0.3, -0.25) is 0 Å². The van der Waals surface area contributed by atoms with Crippen LogP contribution in [0.25, 0.3) is 12.2 Å². The standard InChI is InChI=1S/C18H14BrClN2O/c1-12-3-2-4-14(18(12)20)7-10-16-21-22-17(23-16)11-13-5-8-15(19)9-6-13/h2-10H,11H2,1H3/b10-7+. The van der Waals surface area contributed by atoms with Crippen molar-refractivity contribution < 1.29 is 4.42 Å². The summed E-state index contributed by atoms with van der Waals surface area (Å²) in [6.07, 6.45) is 4.27. The minimum atomic E-state index is 0.467. The van der Waals surface area contributed by atoms with Crippen LogP contribution in [0.2, 0.25) is 5.02 Å². The van der Waals surface area contributed by atoms with Gasteiger partial charge in [0.05, 0.1) is 11.4 Å². The van der Waals surface area contributed by atoms with Crippen LogP contribution >= 0.6 is 27.5 Å². The number of hydrogen-bond acceptors (Lipinski definition) is 3. The van der Waals surface area contributed by atoms with E-state index >= 15 is 0 Å². The maximum Gasteiger partial charge on any atom is 0.240 e. The minimum absolute atomic E-state index is 0.467. The third kappa shape index (κ3) is 4.09. The highest BCUT2D eigenvalue weighted by Crippen LogP contribution is 2.22. The Labute approximate surface area is 148 Å². The lowest BCUT2D eigenvalue weighted by Gasteiger charge is -2.00. The third-order valence-electron chi connectivity index (χ3n) is 3.38. The molecule has 3 nitrogen and oxygen atoms in total. The van der Waals surface area contributed by atoms with Crippen molar-refractivity contribution >= 4 is 39.7 Å². The molecule has 0 radical (unpaired) electrons. The van der Waals surface area contributed by atoms with Gasteiger partial charge < -0.3 is 4.42 Å². The molecule has 0 saturated heterocycles. The van der Waals surface area contributed by atoms with E-state index in [0.29, 0.717) is 18.2 Å². The van der Waals surface area contributed by atoms with Crippen molar-refractivity contribution in [1.29, 1.82) is 0 Å². The van der Waals surface area contributed by atoms with E-state index in [1.807, 2.05) is 55.5 Å². The Morgan fingerprint density at radius 3 is 2.65 bits per heavy atom. The molecule has 0 unspecified atom stereocenters. The highest BCUT2D eigenvalue weighted by atomic mass is 79.9. The molecular weight excluding hydrogens is 376 g/mol. The predicted molar refractivity (Wildman–Crippen MR) is 96.4 cm³/mol. The molecule has 0 aliphatic heterocycles. The lowest BCUT2D eigenvalue weighted by atomic mass is 10.1. The van der Waals surface area contributed by atoms with Gasteiger partial charge in [-0.05, 0) is 41.8 Å². The molecule has 3 aromatic rings. The molecule has 2 aromatic carbocycles. The first-order chi connectivity index (χ1) is 11.1. The normalized spacial score (nSPS) is 11.3. The summed E-state index contributed by atoms with van der Waals surface area (Å²) in [4.78, 5) is 0. The van der Waals surface area contributed by atoms with E-state index in [-0.39, 0.29) is 0 Å². The number of halogens is 2. The molecule has 0 spiro atoms. The van der Waals surface area contributed by atoms with Gasteiger partial charge in [-0.25, -0.2) is 0 Å². The fourth-order valence-electron chi connectivity index (χ4n) is 2.14.